The molecule has 0 saturated heterocycles. The Hall–Kier alpha value is -1.56. The highest BCUT2D eigenvalue weighted by Crippen LogP contribution is 2.44. The Balaban J connectivity index is 2.32. The van der Waals surface area contributed by atoms with Crippen LogP contribution in [0.4, 0.5) is 0 Å². The minimum absolute atomic E-state index is 0.682. The number of hydrogen-bond acceptors (Lipinski definition) is 0. The fourth-order valence-corrected chi connectivity index (χ4v) is 4.62. The van der Waals surface area contributed by atoms with Gasteiger partial charge in [-0.15, -0.1) is 0 Å². The summed E-state index contributed by atoms with van der Waals surface area (Å²) in [6, 6.07) is 7.31. The van der Waals surface area contributed by atoms with Crippen LogP contribution in [0.1, 0.15) is 72.6 Å². The van der Waals surface area contributed by atoms with Crippen LogP contribution in [0.3, 0.4) is 0 Å². The van der Waals surface area contributed by atoms with Crippen molar-refractivity contribution in [2.45, 2.75) is 73.6 Å². The Morgan fingerprint density at radius 2 is 1.42 bits per heavy atom. The smallest absolute Gasteiger partial charge is 0.0143 e. The van der Waals surface area contributed by atoms with Crippen molar-refractivity contribution in [2.24, 2.45) is 5.92 Å². The second-order valence-corrected chi connectivity index (χ2v) is 7.88. The largest absolute Gasteiger partial charge is 0.0616 e. The zero-order valence-electron chi connectivity index (χ0n) is 16.5. The van der Waals surface area contributed by atoms with Gasteiger partial charge >= 0.3 is 0 Å². The summed E-state index contributed by atoms with van der Waals surface area (Å²) >= 11 is 0. The van der Waals surface area contributed by atoms with Gasteiger partial charge in [-0.2, -0.15) is 0 Å². The second-order valence-electron chi connectivity index (χ2n) is 7.88. The third kappa shape index (κ3) is 2.61. The van der Waals surface area contributed by atoms with Crippen molar-refractivity contribution in [2.75, 3.05) is 0 Å². The summed E-state index contributed by atoms with van der Waals surface area (Å²) in [7, 11) is 0. The van der Waals surface area contributed by atoms with Crippen LogP contribution in [0.15, 0.2) is 18.2 Å². The molecule has 2 aromatic rings. The summed E-state index contributed by atoms with van der Waals surface area (Å²) in [4.78, 5) is 0. The second kappa shape index (κ2) is 6.39. The first-order chi connectivity index (χ1) is 11.4. The molecule has 1 aliphatic carbocycles. The van der Waals surface area contributed by atoms with E-state index in [1.807, 2.05) is 0 Å². The number of hydrogen-bond donors (Lipinski definition) is 0. The molecule has 2 aromatic carbocycles. The standard InChI is InChI=1S/C24H32/c1-8-19-20(9-2)24(13-22-18(7)16(5)12-23(19)22)21-11-15(4)14(3)10-17(21)6/h10-11,13,16,18H,8-9,12H2,1-7H3. The van der Waals surface area contributed by atoms with Gasteiger partial charge in [-0.1, -0.05) is 45.9 Å². The van der Waals surface area contributed by atoms with Crippen molar-refractivity contribution in [3.63, 3.8) is 0 Å². The lowest BCUT2D eigenvalue weighted by molar-refractivity contribution is 0.531. The van der Waals surface area contributed by atoms with Crippen molar-refractivity contribution in [3.8, 4) is 11.1 Å². The van der Waals surface area contributed by atoms with E-state index in [1.54, 1.807) is 22.3 Å². The van der Waals surface area contributed by atoms with Gasteiger partial charge < -0.3 is 0 Å². The van der Waals surface area contributed by atoms with Gasteiger partial charge in [-0.3, -0.25) is 0 Å². The lowest BCUT2D eigenvalue weighted by Crippen LogP contribution is -2.03. The fraction of sp³-hybridized carbons (Fsp3) is 0.500. The molecule has 0 aromatic heterocycles. The van der Waals surface area contributed by atoms with E-state index in [-0.39, 0.29) is 0 Å². The molecule has 0 N–H and O–H groups in total. The van der Waals surface area contributed by atoms with E-state index < -0.39 is 0 Å². The lowest BCUT2D eigenvalue weighted by atomic mass is 9.84. The highest BCUT2D eigenvalue weighted by molar-refractivity contribution is 5.75. The third-order valence-corrected chi connectivity index (χ3v) is 6.41. The summed E-state index contributed by atoms with van der Waals surface area (Å²) in [5.74, 6) is 1.45. The molecule has 0 amide bonds. The van der Waals surface area contributed by atoms with Crippen LogP contribution < -0.4 is 0 Å². The van der Waals surface area contributed by atoms with Crippen molar-refractivity contribution >= 4 is 0 Å². The number of rotatable bonds is 3. The lowest BCUT2D eigenvalue weighted by Gasteiger charge is -2.21. The van der Waals surface area contributed by atoms with Gasteiger partial charge in [0.25, 0.3) is 0 Å². The SMILES string of the molecule is CCc1c(-c2cc(C)c(C)cc2C)cc2c(c1CC)CC(C)C2C. The molecule has 24 heavy (non-hydrogen) atoms. The van der Waals surface area contributed by atoms with Gasteiger partial charge in [0.15, 0.2) is 0 Å². The molecular weight excluding hydrogens is 288 g/mol. The Morgan fingerprint density at radius 3 is 2.04 bits per heavy atom. The normalized spacial score (nSPS) is 19.6. The summed E-state index contributed by atoms with van der Waals surface area (Å²) in [5.41, 5.74) is 13.7. The Bertz CT molecular complexity index is 779. The fourth-order valence-electron chi connectivity index (χ4n) is 4.62. The molecule has 0 bridgehead atoms. The van der Waals surface area contributed by atoms with Crippen LogP contribution in [0, 0.1) is 26.7 Å². The first kappa shape index (κ1) is 17.3. The van der Waals surface area contributed by atoms with Crippen molar-refractivity contribution in [1.29, 1.82) is 0 Å². The molecule has 2 unspecified atom stereocenters. The summed E-state index contributed by atoms with van der Waals surface area (Å²) in [5, 5.41) is 0. The maximum absolute atomic E-state index is 2.54. The molecule has 0 nitrogen and oxygen atoms in total. The van der Waals surface area contributed by atoms with Crippen LogP contribution >= 0.6 is 0 Å². The van der Waals surface area contributed by atoms with Gasteiger partial charge in [-0.05, 0) is 102 Å². The molecule has 0 aliphatic heterocycles. The topological polar surface area (TPSA) is 0 Å². The number of fused-ring (bicyclic) bond motifs is 1. The minimum Gasteiger partial charge on any atom is -0.0616 e. The van der Waals surface area contributed by atoms with Gasteiger partial charge in [0, 0.05) is 0 Å². The molecule has 2 atom stereocenters. The highest BCUT2D eigenvalue weighted by Gasteiger charge is 2.30. The maximum atomic E-state index is 2.54. The van der Waals surface area contributed by atoms with E-state index in [1.165, 1.54) is 34.2 Å². The van der Waals surface area contributed by atoms with E-state index in [0.717, 1.165) is 18.8 Å². The van der Waals surface area contributed by atoms with E-state index >= 15 is 0 Å². The minimum atomic E-state index is 0.682. The summed E-state index contributed by atoms with van der Waals surface area (Å²) in [6.07, 6.45) is 3.54. The average molecular weight is 321 g/mol. The maximum Gasteiger partial charge on any atom is -0.0143 e. The quantitative estimate of drug-likeness (QED) is 0.590. The molecule has 0 spiro atoms. The monoisotopic (exact) mass is 320 g/mol. The molecule has 1 aliphatic rings. The van der Waals surface area contributed by atoms with Crippen molar-refractivity contribution in [3.05, 3.63) is 57.1 Å². The average Bonchev–Trinajstić information content (AvgIpc) is 2.84. The van der Waals surface area contributed by atoms with Crippen LogP contribution in [0.5, 0.6) is 0 Å². The molecule has 0 saturated carbocycles. The molecule has 0 radical (unpaired) electrons. The van der Waals surface area contributed by atoms with Gasteiger partial charge in [0.05, 0.1) is 0 Å². The highest BCUT2D eigenvalue weighted by atomic mass is 14.3. The van der Waals surface area contributed by atoms with E-state index in [2.05, 4.69) is 66.7 Å². The zero-order valence-corrected chi connectivity index (χ0v) is 16.5. The van der Waals surface area contributed by atoms with Crippen LogP contribution in [0.25, 0.3) is 11.1 Å². The molecule has 3 rings (SSSR count). The first-order valence-corrected chi connectivity index (χ1v) is 9.64. The summed E-state index contributed by atoms with van der Waals surface area (Å²) < 4.78 is 0. The van der Waals surface area contributed by atoms with Gasteiger partial charge in [0.1, 0.15) is 0 Å². The van der Waals surface area contributed by atoms with Crippen LogP contribution in [0.2, 0.25) is 0 Å². The van der Waals surface area contributed by atoms with Gasteiger partial charge in [-0.25, -0.2) is 0 Å². The predicted octanol–water partition coefficient (Wildman–Crippen LogP) is 6.70. The molecule has 0 heterocycles. The van der Waals surface area contributed by atoms with E-state index in [0.29, 0.717) is 5.92 Å². The van der Waals surface area contributed by atoms with Crippen LogP contribution in [-0.4, -0.2) is 0 Å². The Labute approximate surface area is 148 Å². The Kier molecular flexibility index (Phi) is 4.60. The summed E-state index contributed by atoms with van der Waals surface area (Å²) in [6.45, 7) is 16.2. The number of aryl methyl sites for hydroxylation is 3. The number of benzene rings is 2. The van der Waals surface area contributed by atoms with Crippen LogP contribution in [-0.2, 0) is 19.3 Å². The predicted molar refractivity (Wildman–Crippen MR) is 106 cm³/mol. The molecule has 0 heteroatoms. The van der Waals surface area contributed by atoms with Crippen molar-refractivity contribution < 1.29 is 0 Å². The van der Waals surface area contributed by atoms with Crippen molar-refractivity contribution in [1.82, 2.24) is 0 Å². The molecular formula is C24H32. The zero-order chi connectivity index (χ0) is 17.6. The first-order valence-electron chi connectivity index (χ1n) is 9.64. The molecule has 128 valence electrons. The molecule has 0 fully saturated rings. The van der Waals surface area contributed by atoms with E-state index in [9.17, 15) is 0 Å². The van der Waals surface area contributed by atoms with E-state index in [4.69, 9.17) is 0 Å². The Morgan fingerprint density at radius 1 is 0.792 bits per heavy atom. The van der Waals surface area contributed by atoms with Gasteiger partial charge in [0.2, 0.25) is 0 Å². The third-order valence-electron chi connectivity index (χ3n) is 6.41.